The Labute approximate surface area is 156 Å². The van der Waals surface area contributed by atoms with E-state index in [4.69, 9.17) is 9.47 Å². The van der Waals surface area contributed by atoms with Gasteiger partial charge in [0.25, 0.3) is 0 Å². The van der Waals surface area contributed by atoms with Gasteiger partial charge in [0, 0.05) is 25.5 Å². The minimum Gasteiger partial charge on any atom is -0.493 e. The molecule has 0 radical (unpaired) electrons. The van der Waals surface area contributed by atoms with Crippen LogP contribution < -0.4 is 14.8 Å². The van der Waals surface area contributed by atoms with Crippen LogP contribution in [0.25, 0.3) is 0 Å². The summed E-state index contributed by atoms with van der Waals surface area (Å²) in [4.78, 5) is 6.45. The van der Waals surface area contributed by atoms with E-state index < -0.39 is 0 Å². The first-order chi connectivity index (χ1) is 12.7. The van der Waals surface area contributed by atoms with E-state index in [-0.39, 0.29) is 0 Å². The summed E-state index contributed by atoms with van der Waals surface area (Å²) in [7, 11) is 3.89. The maximum absolute atomic E-state index is 5.90. The van der Waals surface area contributed by atoms with Gasteiger partial charge in [-0.1, -0.05) is 6.07 Å². The quantitative estimate of drug-likeness (QED) is 0.788. The number of aromatic nitrogens is 1. The van der Waals surface area contributed by atoms with Crippen LogP contribution in [-0.4, -0.2) is 43.7 Å². The van der Waals surface area contributed by atoms with Gasteiger partial charge in [0.1, 0.15) is 6.61 Å². The third-order valence-corrected chi connectivity index (χ3v) is 4.86. The summed E-state index contributed by atoms with van der Waals surface area (Å²) in [6, 6.07) is 10.1. The Bertz CT molecular complexity index is 678. The highest BCUT2D eigenvalue weighted by Gasteiger charge is 2.16. The third kappa shape index (κ3) is 5.44. The zero-order valence-electron chi connectivity index (χ0n) is 15.8. The van der Waals surface area contributed by atoms with Crippen LogP contribution in [0.1, 0.15) is 24.0 Å². The molecular weight excluding hydrogens is 326 g/mol. The smallest absolute Gasteiger partial charge is 0.161 e. The third-order valence-electron chi connectivity index (χ3n) is 4.86. The monoisotopic (exact) mass is 355 g/mol. The molecule has 1 saturated heterocycles. The van der Waals surface area contributed by atoms with Gasteiger partial charge in [0.15, 0.2) is 11.5 Å². The maximum atomic E-state index is 5.90. The number of likely N-dealkylation sites (tertiary alicyclic amines) is 1. The van der Waals surface area contributed by atoms with Crippen LogP contribution in [0.2, 0.25) is 0 Å². The lowest BCUT2D eigenvalue weighted by molar-refractivity contribution is 0.206. The van der Waals surface area contributed by atoms with E-state index in [1.54, 1.807) is 19.5 Å². The molecule has 2 aromatic rings. The molecule has 1 N–H and O–H groups in total. The molecule has 0 amide bonds. The fourth-order valence-corrected chi connectivity index (χ4v) is 3.44. The summed E-state index contributed by atoms with van der Waals surface area (Å²) in [5, 5.41) is 3.59. The Kier molecular flexibility index (Phi) is 6.86. The Hall–Kier alpha value is -2.11. The highest BCUT2D eigenvalue weighted by molar-refractivity contribution is 5.43. The normalized spacial score (nSPS) is 17.8. The zero-order valence-corrected chi connectivity index (χ0v) is 15.8. The number of rotatable bonds is 8. The second-order valence-electron chi connectivity index (χ2n) is 7.03. The molecule has 0 spiro atoms. The molecule has 5 nitrogen and oxygen atoms in total. The lowest BCUT2D eigenvalue weighted by Gasteiger charge is -2.29. The van der Waals surface area contributed by atoms with Gasteiger partial charge in [0.2, 0.25) is 0 Å². The van der Waals surface area contributed by atoms with Crippen LogP contribution in [0, 0.1) is 5.92 Å². The molecule has 1 aliphatic rings. The summed E-state index contributed by atoms with van der Waals surface area (Å²) in [5.41, 5.74) is 2.30. The van der Waals surface area contributed by atoms with Gasteiger partial charge in [-0.25, -0.2) is 0 Å². The minimum atomic E-state index is 0.506. The van der Waals surface area contributed by atoms with E-state index in [9.17, 15) is 0 Å². The number of nitrogens with zero attached hydrogens (tertiary/aromatic N) is 2. The lowest BCUT2D eigenvalue weighted by Crippen LogP contribution is -2.37. The first-order valence-corrected chi connectivity index (χ1v) is 9.32. The van der Waals surface area contributed by atoms with Crippen LogP contribution in [0.5, 0.6) is 11.5 Å². The summed E-state index contributed by atoms with van der Waals surface area (Å²) < 4.78 is 11.4. The molecule has 140 valence electrons. The van der Waals surface area contributed by atoms with Gasteiger partial charge in [-0.15, -0.1) is 0 Å². The van der Waals surface area contributed by atoms with Crippen molar-refractivity contribution in [1.82, 2.24) is 15.2 Å². The zero-order chi connectivity index (χ0) is 18.2. The molecule has 2 heterocycles. The second-order valence-corrected chi connectivity index (χ2v) is 7.03. The summed E-state index contributed by atoms with van der Waals surface area (Å²) >= 11 is 0. The highest BCUT2D eigenvalue weighted by Crippen LogP contribution is 2.29. The van der Waals surface area contributed by atoms with Crippen LogP contribution in [0.4, 0.5) is 0 Å². The van der Waals surface area contributed by atoms with Crippen LogP contribution in [-0.2, 0) is 13.2 Å². The molecule has 5 heteroatoms. The first-order valence-electron chi connectivity index (χ1n) is 9.32. The molecule has 1 fully saturated rings. The van der Waals surface area contributed by atoms with Crippen molar-refractivity contribution < 1.29 is 9.47 Å². The standard InChI is InChI=1S/C21H29N3O2/c1-24-11-3-4-19(15-24)14-23-13-18-5-6-20(21(12-18)25-2)26-16-17-7-9-22-10-8-17/h5-10,12,19,23H,3-4,11,13-16H2,1-2H3. The average molecular weight is 355 g/mol. The molecule has 1 aromatic heterocycles. The van der Waals surface area contributed by atoms with Gasteiger partial charge in [-0.3, -0.25) is 4.98 Å². The lowest BCUT2D eigenvalue weighted by atomic mass is 9.98. The summed E-state index contributed by atoms with van der Waals surface area (Å²) in [5.74, 6) is 2.29. The van der Waals surface area contributed by atoms with Gasteiger partial charge < -0.3 is 19.7 Å². The van der Waals surface area contributed by atoms with E-state index in [0.29, 0.717) is 6.61 Å². The first kappa shape index (κ1) is 18.7. The van der Waals surface area contributed by atoms with Crippen LogP contribution in [0.15, 0.2) is 42.7 Å². The number of benzene rings is 1. The molecule has 26 heavy (non-hydrogen) atoms. The summed E-state index contributed by atoms with van der Waals surface area (Å²) in [6.07, 6.45) is 6.17. The average Bonchev–Trinajstić information content (AvgIpc) is 2.67. The van der Waals surface area contributed by atoms with Crippen molar-refractivity contribution in [2.45, 2.75) is 26.0 Å². The van der Waals surface area contributed by atoms with E-state index >= 15 is 0 Å². The number of piperidine rings is 1. The van der Waals surface area contributed by atoms with E-state index in [1.165, 1.54) is 31.5 Å². The van der Waals surface area contributed by atoms with E-state index in [0.717, 1.165) is 36.1 Å². The van der Waals surface area contributed by atoms with Crippen molar-refractivity contribution in [3.63, 3.8) is 0 Å². The van der Waals surface area contributed by atoms with E-state index in [1.807, 2.05) is 18.2 Å². The Morgan fingerprint density at radius 3 is 2.77 bits per heavy atom. The largest absolute Gasteiger partial charge is 0.493 e. The molecule has 0 aliphatic carbocycles. The predicted molar refractivity (Wildman–Crippen MR) is 103 cm³/mol. The molecule has 1 aliphatic heterocycles. The van der Waals surface area contributed by atoms with Crippen molar-refractivity contribution in [2.24, 2.45) is 5.92 Å². The molecule has 3 rings (SSSR count). The second kappa shape index (κ2) is 9.55. The van der Waals surface area contributed by atoms with Gasteiger partial charge >= 0.3 is 0 Å². The molecule has 1 unspecified atom stereocenters. The molecule has 1 atom stereocenters. The minimum absolute atomic E-state index is 0.506. The number of hydrogen-bond acceptors (Lipinski definition) is 5. The number of methoxy groups -OCH3 is 1. The Morgan fingerprint density at radius 2 is 2.00 bits per heavy atom. The van der Waals surface area contributed by atoms with Crippen LogP contribution in [0.3, 0.4) is 0 Å². The van der Waals surface area contributed by atoms with Gasteiger partial charge in [0.05, 0.1) is 7.11 Å². The van der Waals surface area contributed by atoms with Crippen molar-refractivity contribution in [1.29, 1.82) is 0 Å². The van der Waals surface area contributed by atoms with Gasteiger partial charge in [-0.05, 0) is 74.3 Å². The molecule has 1 aromatic carbocycles. The SMILES string of the molecule is COc1cc(CNCC2CCCN(C)C2)ccc1OCc1ccncc1. The number of ether oxygens (including phenoxy) is 2. The van der Waals surface area contributed by atoms with Crippen molar-refractivity contribution in [3.05, 3.63) is 53.9 Å². The maximum Gasteiger partial charge on any atom is 0.161 e. The van der Waals surface area contributed by atoms with Crippen molar-refractivity contribution in [2.75, 3.05) is 33.8 Å². The Morgan fingerprint density at radius 1 is 1.15 bits per heavy atom. The number of nitrogens with one attached hydrogen (secondary N) is 1. The number of pyridine rings is 1. The van der Waals surface area contributed by atoms with E-state index in [2.05, 4.69) is 34.4 Å². The fraction of sp³-hybridized carbons (Fsp3) is 0.476. The predicted octanol–water partition coefficient (Wildman–Crippen LogP) is 3.10. The number of hydrogen-bond donors (Lipinski definition) is 1. The van der Waals surface area contributed by atoms with Crippen molar-refractivity contribution >= 4 is 0 Å². The van der Waals surface area contributed by atoms with Crippen LogP contribution >= 0.6 is 0 Å². The molecule has 0 bridgehead atoms. The fourth-order valence-electron chi connectivity index (χ4n) is 3.44. The Balaban J connectivity index is 1.51. The molecule has 0 saturated carbocycles. The van der Waals surface area contributed by atoms with Crippen molar-refractivity contribution in [3.8, 4) is 11.5 Å². The topological polar surface area (TPSA) is 46.6 Å². The molecular formula is C21H29N3O2. The van der Waals surface area contributed by atoms with Gasteiger partial charge in [-0.2, -0.15) is 0 Å². The highest BCUT2D eigenvalue weighted by atomic mass is 16.5. The summed E-state index contributed by atoms with van der Waals surface area (Å²) in [6.45, 7) is 4.84.